The molecule has 6 heteroatoms. The van der Waals surface area contributed by atoms with Crippen molar-refractivity contribution < 1.29 is 28.6 Å². The van der Waals surface area contributed by atoms with Gasteiger partial charge in [-0.3, -0.25) is 9.59 Å². The highest BCUT2D eigenvalue weighted by molar-refractivity contribution is 6.18. The molecule has 0 aromatic heterocycles. The minimum Gasteiger partial charge on any atom is -0.465 e. The van der Waals surface area contributed by atoms with Crippen LogP contribution in [0.4, 0.5) is 0 Å². The minimum atomic E-state index is -1.84. The molecule has 0 amide bonds. The standard InChI is InChI=1S/C18H26O6/c1-7-11-9-17(6)10-12(14(20)22-8-2)13(19)18(11,24-17)15(21)23-16(3,4)5/h7,12H,8-10H2,1-6H3/b11-7+/t12-,17-,18+/m0/s1. The van der Waals surface area contributed by atoms with Crippen LogP contribution in [0.2, 0.25) is 0 Å². The van der Waals surface area contributed by atoms with Crippen molar-refractivity contribution in [2.75, 3.05) is 6.61 Å². The lowest BCUT2D eigenvalue weighted by Crippen LogP contribution is -2.59. The van der Waals surface area contributed by atoms with Gasteiger partial charge in [0.15, 0.2) is 5.78 Å². The maximum absolute atomic E-state index is 13.1. The van der Waals surface area contributed by atoms with Crippen LogP contribution in [0.25, 0.3) is 0 Å². The van der Waals surface area contributed by atoms with Crippen molar-refractivity contribution in [3.8, 4) is 0 Å². The van der Waals surface area contributed by atoms with E-state index in [1.165, 1.54) is 0 Å². The number of fused-ring (bicyclic) bond motifs is 2. The van der Waals surface area contributed by atoms with Crippen LogP contribution in [0.15, 0.2) is 11.6 Å². The fourth-order valence-corrected chi connectivity index (χ4v) is 3.45. The Labute approximate surface area is 142 Å². The highest BCUT2D eigenvalue weighted by atomic mass is 16.6. The molecule has 2 bridgehead atoms. The summed E-state index contributed by atoms with van der Waals surface area (Å²) in [6.45, 7) is 10.6. The van der Waals surface area contributed by atoms with Gasteiger partial charge in [-0.25, -0.2) is 4.79 Å². The maximum atomic E-state index is 13.1. The Bertz CT molecular complexity index is 599. The molecule has 2 rings (SSSR count). The second kappa shape index (κ2) is 5.99. The van der Waals surface area contributed by atoms with Gasteiger partial charge < -0.3 is 14.2 Å². The number of hydrogen-bond donors (Lipinski definition) is 0. The largest absolute Gasteiger partial charge is 0.465 e. The minimum absolute atomic E-state index is 0.177. The smallest absolute Gasteiger partial charge is 0.351 e. The molecule has 0 radical (unpaired) electrons. The molecule has 2 aliphatic rings. The zero-order valence-electron chi connectivity index (χ0n) is 15.2. The number of ether oxygens (including phenoxy) is 3. The van der Waals surface area contributed by atoms with Crippen LogP contribution in [0.3, 0.4) is 0 Å². The van der Waals surface area contributed by atoms with Crippen LogP contribution in [0, 0.1) is 5.92 Å². The van der Waals surface area contributed by atoms with Gasteiger partial charge in [0, 0.05) is 6.42 Å². The third kappa shape index (κ3) is 2.99. The molecule has 0 spiro atoms. The van der Waals surface area contributed by atoms with Crippen LogP contribution in [0.1, 0.15) is 54.4 Å². The van der Waals surface area contributed by atoms with Gasteiger partial charge in [0.1, 0.15) is 11.5 Å². The highest BCUT2D eigenvalue weighted by Gasteiger charge is 2.68. The average Bonchev–Trinajstić information content (AvgIpc) is 2.72. The first-order chi connectivity index (χ1) is 11.0. The third-order valence-electron chi connectivity index (χ3n) is 4.32. The lowest BCUT2D eigenvalue weighted by molar-refractivity contribution is -0.201. The first-order valence-corrected chi connectivity index (χ1v) is 8.29. The zero-order valence-corrected chi connectivity index (χ0v) is 15.2. The molecule has 0 aliphatic carbocycles. The first-order valence-electron chi connectivity index (χ1n) is 8.29. The number of ketones is 1. The quantitative estimate of drug-likeness (QED) is 0.446. The predicted molar refractivity (Wildman–Crippen MR) is 86.2 cm³/mol. The molecule has 0 saturated carbocycles. The van der Waals surface area contributed by atoms with E-state index in [0.717, 1.165) is 0 Å². The van der Waals surface area contributed by atoms with E-state index in [9.17, 15) is 14.4 Å². The molecular weight excluding hydrogens is 312 g/mol. The normalized spacial score (nSPS) is 34.3. The number of esters is 2. The van der Waals surface area contributed by atoms with Crippen LogP contribution in [-0.4, -0.2) is 41.1 Å². The lowest BCUT2D eigenvalue weighted by atomic mass is 9.81. The van der Waals surface area contributed by atoms with Gasteiger partial charge >= 0.3 is 11.9 Å². The van der Waals surface area contributed by atoms with Gasteiger partial charge in [-0.15, -0.1) is 0 Å². The topological polar surface area (TPSA) is 78.9 Å². The monoisotopic (exact) mass is 338 g/mol. The molecule has 2 heterocycles. The highest BCUT2D eigenvalue weighted by Crippen LogP contribution is 2.52. The summed E-state index contributed by atoms with van der Waals surface area (Å²) < 4.78 is 16.4. The fourth-order valence-electron chi connectivity index (χ4n) is 3.45. The number of carbonyl (C=O) groups is 3. The van der Waals surface area contributed by atoms with Crippen molar-refractivity contribution in [1.82, 2.24) is 0 Å². The maximum Gasteiger partial charge on any atom is 0.351 e. The molecule has 0 aromatic carbocycles. The molecule has 6 nitrogen and oxygen atoms in total. The molecular formula is C18H26O6. The Kier molecular flexibility index (Phi) is 4.65. The van der Waals surface area contributed by atoms with Crippen molar-refractivity contribution >= 4 is 17.7 Å². The zero-order chi connectivity index (χ0) is 18.3. The Balaban J connectivity index is 2.50. The lowest BCUT2D eigenvalue weighted by Gasteiger charge is -2.39. The van der Waals surface area contributed by atoms with E-state index >= 15 is 0 Å². The van der Waals surface area contributed by atoms with Gasteiger partial charge in [-0.05, 0) is 53.5 Å². The first kappa shape index (κ1) is 18.6. The van der Waals surface area contributed by atoms with E-state index in [4.69, 9.17) is 14.2 Å². The van der Waals surface area contributed by atoms with Gasteiger partial charge in [-0.2, -0.15) is 0 Å². The number of rotatable bonds is 3. The molecule has 24 heavy (non-hydrogen) atoms. The van der Waals surface area contributed by atoms with E-state index in [1.54, 1.807) is 47.6 Å². The SMILES string of the molecule is C/C=C1\C[C@@]2(C)C[C@H](C(=O)OCC)C(=O)[C@]1(C(=O)OC(C)(C)C)O2. The molecule has 2 fully saturated rings. The van der Waals surface area contributed by atoms with E-state index in [-0.39, 0.29) is 13.0 Å². The summed E-state index contributed by atoms with van der Waals surface area (Å²) in [7, 11) is 0. The van der Waals surface area contributed by atoms with Gasteiger partial charge in [0.05, 0.1) is 12.2 Å². The summed E-state index contributed by atoms with van der Waals surface area (Å²) in [4.78, 5) is 38.2. The van der Waals surface area contributed by atoms with E-state index in [1.807, 2.05) is 0 Å². The van der Waals surface area contributed by atoms with Crippen molar-refractivity contribution in [3.05, 3.63) is 11.6 Å². The van der Waals surface area contributed by atoms with Crippen molar-refractivity contribution in [1.29, 1.82) is 0 Å². The van der Waals surface area contributed by atoms with E-state index in [2.05, 4.69) is 0 Å². The molecule has 2 saturated heterocycles. The van der Waals surface area contributed by atoms with Gasteiger partial charge in [0.2, 0.25) is 5.60 Å². The van der Waals surface area contributed by atoms with Gasteiger partial charge in [-0.1, -0.05) is 6.08 Å². The molecule has 3 atom stereocenters. The summed E-state index contributed by atoms with van der Waals surface area (Å²) in [6.07, 6.45) is 2.32. The van der Waals surface area contributed by atoms with Crippen molar-refractivity contribution in [2.24, 2.45) is 5.92 Å². The average molecular weight is 338 g/mol. The van der Waals surface area contributed by atoms with Gasteiger partial charge in [0.25, 0.3) is 0 Å². The van der Waals surface area contributed by atoms with Crippen molar-refractivity contribution in [3.63, 3.8) is 0 Å². The molecule has 0 N–H and O–H groups in total. The van der Waals surface area contributed by atoms with Crippen LogP contribution >= 0.6 is 0 Å². The number of allylic oxidation sites excluding steroid dienone is 1. The summed E-state index contributed by atoms with van der Waals surface area (Å²) in [5.74, 6) is -2.97. The number of Topliss-reactive ketones (excluding diaryl/α,β-unsaturated/α-hetero) is 1. The second-order valence-electron chi connectivity index (χ2n) is 7.60. The Morgan fingerprint density at radius 3 is 2.50 bits per heavy atom. The molecule has 0 unspecified atom stereocenters. The number of carbonyl (C=O) groups excluding carboxylic acids is 3. The van der Waals surface area contributed by atoms with Crippen molar-refractivity contribution in [2.45, 2.75) is 71.2 Å². The fraction of sp³-hybridized carbons (Fsp3) is 0.722. The predicted octanol–water partition coefficient (Wildman–Crippen LogP) is 2.34. The molecule has 134 valence electrons. The summed E-state index contributed by atoms with van der Waals surface area (Å²) in [5, 5.41) is 0. The summed E-state index contributed by atoms with van der Waals surface area (Å²) in [6, 6.07) is 0. The van der Waals surface area contributed by atoms with E-state index < -0.39 is 40.4 Å². The summed E-state index contributed by atoms with van der Waals surface area (Å²) >= 11 is 0. The van der Waals surface area contributed by atoms with Crippen LogP contribution < -0.4 is 0 Å². The number of hydrogen-bond acceptors (Lipinski definition) is 6. The van der Waals surface area contributed by atoms with E-state index in [0.29, 0.717) is 12.0 Å². The second-order valence-corrected chi connectivity index (χ2v) is 7.60. The summed E-state index contributed by atoms with van der Waals surface area (Å²) in [5.41, 5.74) is -2.84. The molecule has 2 aliphatic heterocycles. The Morgan fingerprint density at radius 2 is 2.00 bits per heavy atom. The third-order valence-corrected chi connectivity index (χ3v) is 4.32. The van der Waals surface area contributed by atoms with Crippen LogP contribution in [-0.2, 0) is 28.6 Å². The Morgan fingerprint density at radius 1 is 1.38 bits per heavy atom. The molecule has 0 aromatic rings. The van der Waals surface area contributed by atoms with Crippen LogP contribution in [0.5, 0.6) is 0 Å². The Hall–Kier alpha value is -1.69.